The quantitative estimate of drug-likeness (QED) is 0.302. The molecule has 0 spiro atoms. The molecule has 12 heteroatoms. The summed E-state index contributed by atoms with van der Waals surface area (Å²) >= 11 is 0. The number of amides is 1. The van der Waals surface area contributed by atoms with Gasteiger partial charge in [0.15, 0.2) is 21.8 Å². The molecule has 3 rings (SSSR count). The first-order valence-corrected chi connectivity index (χ1v) is 12.0. The minimum Gasteiger partial charge on any atom is -0.482 e. The second-order valence-corrected chi connectivity index (χ2v) is 10.7. The smallest absolute Gasteiger partial charge is 0.355 e. The predicted octanol–water partition coefficient (Wildman–Crippen LogP) is 0.733. The number of esters is 3. The van der Waals surface area contributed by atoms with Crippen molar-refractivity contribution in [1.82, 2.24) is 4.90 Å². The molecule has 0 unspecified atom stereocenters. The maximum Gasteiger partial charge on any atom is 0.355 e. The zero-order chi connectivity index (χ0) is 25.3. The Morgan fingerprint density at radius 1 is 1.12 bits per heavy atom. The third kappa shape index (κ3) is 5.56. The van der Waals surface area contributed by atoms with Gasteiger partial charge in [-0.25, -0.2) is 18.0 Å². The van der Waals surface area contributed by atoms with E-state index in [9.17, 15) is 27.6 Å². The van der Waals surface area contributed by atoms with Crippen LogP contribution in [0.25, 0.3) is 0 Å². The highest BCUT2D eigenvalue weighted by Crippen LogP contribution is 2.39. The Hall–Kier alpha value is -3.41. The zero-order valence-electron chi connectivity index (χ0n) is 19.1. The Labute approximate surface area is 196 Å². The third-order valence-electron chi connectivity index (χ3n) is 4.71. The van der Waals surface area contributed by atoms with Crippen LogP contribution in [-0.4, -0.2) is 73.2 Å². The van der Waals surface area contributed by atoms with E-state index in [0.29, 0.717) is 5.75 Å². The fourth-order valence-electron chi connectivity index (χ4n) is 3.40. The summed E-state index contributed by atoms with van der Waals surface area (Å²) in [6, 6.07) is 8.36. The summed E-state index contributed by atoms with van der Waals surface area (Å²) in [6.07, 6.45) is -1.65. The van der Waals surface area contributed by atoms with Crippen LogP contribution in [0.15, 0.2) is 41.6 Å². The Kier molecular flexibility index (Phi) is 7.01. The maximum atomic E-state index is 12.9. The van der Waals surface area contributed by atoms with Gasteiger partial charge in [0, 0.05) is 12.5 Å². The highest BCUT2D eigenvalue weighted by Gasteiger charge is 2.62. The second kappa shape index (κ2) is 9.45. The van der Waals surface area contributed by atoms with Crippen LogP contribution in [0, 0.1) is 0 Å². The Balaban J connectivity index is 1.83. The fourth-order valence-corrected chi connectivity index (χ4v) is 5.36. The Bertz CT molecular complexity index is 1130. The largest absolute Gasteiger partial charge is 0.482 e. The van der Waals surface area contributed by atoms with Gasteiger partial charge >= 0.3 is 17.9 Å². The molecular weight excluding hydrogens is 470 g/mol. The van der Waals surface area contributed by atoms with Crippen LogP contribution in [-0.2, 0) is 43.2 Å². The van der Waals surface area contributed by atoms with E-state index in [2.05, 4.69) is 0 Å². The van der Waals surface area contributed by atoms with Gasteiger partial charge in [0.1, 0.15) is 23.7 Å². The van der Waals surface area contributed by atoms with E-state index in [0.717, 1.165) is 11.8 Å². The molecule has 1 aromatic rings. The van der Waals surface area contributed by atoms with E-state index in [4.69, 9.17) is 18.9 Å². The first kappa shape index (κ1) is 25.2. The molecule has 11 nitrogen and oxygen atoms in total. The number of hydrogen-bond donors (Lipinski definition) is 0. The number of sulfone groups is 1. The second-order valence-electron chi connectivity index (χ2n) is 8.65. The molecule has 2 atom stereocenters. The van der Waals surface area contributed by atoms with Crippen LogP contribution >= 0.6 is 0 Å². The molecule has 184 valence electrons. The molecule has 1 fully saturated rings. The van der Waals surface area contributed by atoms with Gasteiger partial charge in [0.25, 0.3) is 5.91 Å². The molecule has 1 saturated heterocycles. The number of carbonyl (C=O) groups excluding carboxylic acids is 4. The van der Waals surface area contributed by atoms with Gasteiger partial charge in [-0.1, -0.05) is 18.2 Å². The number of fused-ring (bicyclic) bond motifs is 1. The lowest BCUT2D eigenvalue weighted by Gasteiger charge is -2.48. The summed E-state index contributed by atoms with van der Waals surface area (Å²) in [5.41, 5.74) is -1.39. The van der Waals surface area contributed by atoms with Gasteiger partial charge in [0.2, 0.25) is 6.10 Å². The average Bonchev–Trinajstić information content (AvgIpc) is 2.73. The lowest BCUT2D eigenvalue weighted by atomic mass is 10.0. The molecule has 0 saturated carbocycles. The summed E-state index contributed by atoms with van der Waals surface area (Å²) < 4.78 is 46.4. The van der Waals surface area contributed by atoms with Crippen molar-refractivity contribution < 1.29 is 46.5 Å². The Morgan fingerprint density at radius 3 is 2.35 bits per heavy atom. The van der Waals surface area contributed by atoms with Crippen LogP contribution in [0.1, 0.15) is 27.7 Å². The first-order valence-electron chi connectivity index (χ1n) is 10.3. The van der Waals surface area contributed by atoms with Gasteiger partial charge in [-0.2, -0.15) is 0 Å². The minimum absolute atomic E-state index is 0.105. The van der Waals surface area contributed by atoms with Crippen molar-refractivity contribution >= 4 is 33.7 Å². The van der Waals surface area contributed by atoms with Crippen molar-refractivity contribution in [3.63, 3.8) is 0 Å². The maximum absolute atomic E-state index is 12.9. The molecule has 2 heterocycles. The van der Waals surface area contributed by atoms with Gasteiger partial charge in [-0.05, 0) is 32.9 Å². The molecule has 0 aliphatic carbocycles. The normalized spacial score (nSPS) is 21.2. The summed E-state index contributed by atoms with van der Waals surface area (Å²) in [4.78, 5) is 49.9. The summed E-state index contributed by atoms with van der Waals surface area (Å²) in [7, 11) is -4.10. The fraction of sp³-hybridized carbons (Fsp3) is 0.455. The van der Waals surface area contributed by atoms with Crippen molar-refractivity contribution in [3.8, 4) is 5.75 Å². The number of β-lactam (4-membered cyclic amide) rings is 1. The van der Waals surface area contributed by atoms with E-state index in [1.54, 1.807) is 51.1 Å². The molecule has 34 heavy (non-hydrogen) atoms. The number of hydrogen-bond acceptors (Lipinski definition) is 10. The zero-order valence-corrected chi connectivity index (χ0v) is 19.9. The topological polar surface area (TPSA) is 143 Å². The van der Waals surface area contributed by atoms with Crippen LogP contribution in [0.5, 0.6) is 5.75 Å². The van der Waals surface area contributed by atoms with E-state index in [1.807, 2.05) is 0 Å². The number of ether oxygens (including phenoxy) is 4. The van der Waals surface area contributed by atoms with Crippen molar-refractivity contribution in [3.05, 3.63) is 41.6 Å². The standard InChI is InChI=1S/C22H25NO10S/c1-13(24)30-10-14-12-34(28,29)20-18(32-16(25)11-31-15-8-6-5-7-9-15)19(26)23(20)17(14)21(27)33-22(2,3)4/h5-9,18,20H,10-12H2,1-4H3/t18-,20+/m0/s1. The van der Waals surface area contributed by atoms with Crippen molar-refractivity contribution in [2.45, 2.75) is 44.8 Å². The number of benzene rings is 1. The van der Waals surface area contributed by atoms with Crippen LogP contribution in [0.2, 0.25) is 0 Å². The molecule has 2 aliphatic heterocycles. The van der Waals surface area contributed by atoms with Gasteiger partial charge in [-0.15, -0.1) is 0 Å². The van der Waals surface area contributed by atoms with Crippen molar-refractivity contribution in [2.75, 3.05) is 19.0 Å². The summed E-state index contributed by atoms with van der Waals surface area (Å²) in [6.45, 7) is 4.86. The predicted molar refractivity (Wildman–Crippen MR) is 116 cm³/mol. The minimum atomic E-state index is -4.10. The summed E-state index contributed by atoms with van der Waals surface area (Å²) in [5, 5.41) is -1.61. The monoisotopic (exact) mass is 495 g/mol. The first-order chi connectivity index (χ1) is 15.8. The highest BCUT2D eigenvalue weighted by molar-refractivity contribution is 7.92. The molecule has 0 N–H and O–H groups in total. The SMILES string of the molecule is CC(=O)OCC1=C(C(=O)OC(C)(C)C)N2C(=O)[C@H](OC(=O)COc3ccccc3)[C@H]2S(=O)(=O)C1. The van der Waals surface area contributed by atoms with Crippen LogP contribution < -0.4 is 4.74 Å². The number of para-hydroxylation sites is 1. The Morgan fingerprint density at radius 2 is 1.76 bits per heavy atom. The van der Waals surface area contributed by atoms with Crippen LogP contribution in [0.4, 0.5) is 0 Å². The lowest BCUT2D eigenvalue weighted by Crippen LogP contribution is -2.71. The van der Waals surface area contributed by atoms with Gasteiger partial charge < -0.3 is 18.9 Å². The molecule has 0 bridgehead atoms. The molecule has 1 amide bonds. The van der Waals surface area contributed by atoms with Crippen LogP contribution in [0.3, 0.4) is 0 Å². The number of rotatable bonds is 7. The molecule has 0 radical (unpaired) electrons. The number of carbonyl (C=O) groups is 4. The third-order valence-corrected chi connectivity index (χ3v) is 6.66. The van der Waals surface area contributed by atoms with E-state index in [-0.39, 0.29) is 11.3 Å². The highest BCUT2D eigenvalue weighted by atomic mass is 32.2. The molecule has 1 aromatic carbocycles. The molecule has 2 aliphatic rings. The van der Waals surface area contributed by atoms with Crippen molar-refractivity contribution in [1.29, 1.82) is 0 Å². The summed E-state index contributed by atoms with van der Waals surface area (Å²) in [5.74, 6) is -3.82. The van der Waals surface area contributed by atoms with Crippen molar-refractivity contribution in [2.24, 2.45) is 0 Å². The van der Waals surface area contributed by atoms with E-state index >= 15 is 0 Å². The number of nitrogens with zero attached hydrogens (tertiary/aromatic N) is 1. The van der Waals surface area contributed by atoms with E-state index in [1.165, 1.54) is 0 Å². The molecule has 0 aromatic heterocycles. The molecular formula is C22H25NO10S. The lowest BCUT2D eigenvalue weighted by molar-refractivity contribution is -0.178. The van der Waals surface area contributed by atoms with Gasteiger partial charge in [-0.3, -0.25) is 14.5 Å². The average molecular weight is 496 g/mol. The van der Waals surface area contributed by atoms with E-state index < -0.39 is 69.7 Å². The van der Waals surface area contributed by atoms with Gasteiger partial charge in [0.05, 0.1) is 5.75 Å².